The van der Waals surface area contributed by atoms with Crippen LogP contribution in [0.4, 0.5) is 4.79 Å². The quantitative estimate of drug-likeness (QED) is 0.782. The maximum atomic E-state index is 11.8. The Morgan fingerprint density at radius 1 is 1.48 bits per heavy atom. The van der Waals surface area contributed by atoms with Crippen LogP contribution in [0.15, 0.2) is 34.0 Å². The van der Waals surface area contributed by atoms with Crippen LogP contribution < -0.4 is 5.32 Å². The van der Waals surface area contributed by atoms with Gasteiger partial charge in [0.25, 0.3) is 0 Å². The first-order chi connectivity index (χ1) is 10.8. The highest BCUT2D eigenvalue weighted by molar-refractivity contribution is 6.58. The van der Waals surface area contributed by atoms with E-state index in [1.54, 1.807) is 27.0 Å². The molecule has 0 unspecified atom stereocenters. The highest BCUT2D eigenvalue weighted by atomic mass is 35.5. The van der Waals surface area contributed by atoms with Crippen LogP contribution >= 0.6 is 11.6 Å². The number of rotatable bonds is 2. The van der Waals surface area contributed by atoms with Gasteiger partial charge in [-0.05, 0) is 43.5 Å². The molecule has 0 bridgehead atoms. The van der Waals surface area contributed by atoms with E-state index in [0.29, 0.717) is 18.2 Å². The van der Waals surface area contributed by atoms with Crippen molar-refractivity contribution in [2.45, 2.75) is 32.5 Å². The summed E-state index contributed by atoms with van der Waals surface area (Å²) in [5, 5.41) is 3.20. The monoisotopic (exact) mass is 339 g/mol. The van der Waals surface area contributed by atoms with E-state index in [2.05, 4.69) is 5.32 Å². The molecule has 3 heterocycles. The molecule has 1 atom stereocenters. The SMILES string of the molecule is CC(C)(C)OC(=O)NC[C@H]1OB2OCC3=C2C(=C1Cl)C=COC3. The zero-order chi connectivity index (χ0) is 16.6. The van der Waals surface area contributed by atoms with E-state index >= 15 is 0 Å². The summed E-state index contributed by atoms with van der Waals surface area (Å²) in [6.45, 7) is 6.55. The zero-order valence-corrected chi connectivity index (χ0v) is 14.1. The highest BCUT2D eigenvalue weighted by Crippen LogP contribution is 2.38. The van der Waals surface area contributed by atoms with E-state index in [0.717, 1.165) is 16.6 Å². The van der Waals surface area contributed by atoms with E-state index in [-0.39, 0.29) is 6.54 Å². The molecular weight excluding hydrogens is 320 g/mol. The molecule has 3 aliphatic heterocycles. The number of hydrogen-bond donors (Lipinski definition) is 1. The fraction of sp³-hybridized carbons (Fsp3) is 0.533. The standard InChI is InChI=1S/C15H19BClNO5/c1-15(2,3)22-14(19)18-6-11-13(17)10-4-5-20-7-9-8-21-16(23-11)12(9)10/h4-5,11H,6-8H2,1-3H3,(H,18,19)/t11-/m1/s1. The van der Waals surface area contributed by atoms with Crippen molar-refractivity contribution in [3.05, 3.63) is 34.0 Å². The zero-order valence-electron chi connectivity index (χ0n) is 13.3. The number of carbonyl (C=O) groups excluding carboxylic acids is 1. The number of hydrogen-bond acceptors (Lipinski definition) is 5. The molecule has 0 aromatic heterocycles. The summed E-state index contributed by atoms with van der Waals surface area (Å²) in [6.07, 6.45) is 2.44. The molecule has 124 valence electrons. The van der Waals surface area contributed by atoms with Gasteiger partial charge in [0.05, 0.1) is 30.5 Å². The van der Waals surface area contributed by atoms with Crippen molar-refractivity contribution in [1.82, 2.24) is 5.32 Å². The first kappa shape index (κ1) is 16.4. The van der Waals surface area contributed by atoms with Gasteiger partial charge in [0.1, 0.15) is 12.2 Å². The van der Waals surface area contributed by atoms with Crippen LogP contribution in [0.2, 0.25) is 0 Å². The Labute approximate surface area is 140 Å². The van der Waals surface area contributed by atoms with Gasteiger partial charge in [-0.25, -0.2) is 4.79 Å². The molecule has 0 aromatic carbocycles. The van der Waals surface area contributed by atoms with Crippen LogP contribution in [-0.2, 0) is 18.8 Å². The second-order valence-corrected chi connectivity index (χ2v) is 6.95. The van der Waals surface area contributed by atoms with Crippen LogP contribution in [0.5, 0.6) is 0 Å². The third kappa shape index (κ3) is 3.57. The van der Waals surface area contributed by atoms with Crippen molar-refractivity contribution in [3.8, 4) is 0 Å². The molecule has 0 aliphatic carbocycles. The summed E-state index contributed by atoms with van der Waals surface area (Å²) in [7, 11) is -0.473. The Morgan fingerprint density at radius 2 is 2.26 bits per heavy atom. The molecule has 6 nitrogen and oxygen atoms in total. The van der Waals surface area contributed by atoms with Gasteiger partial charge in [0.2, 0.25) is 0 Å². The van der Waals surface area contributed by atoms with E-state index in [9.17, 15) is 4.79 Å². The molecule has 3 rings (SSSR count). The fourth-order valence-corrected chi connectivity index (χ4v) is 2.91. The molecule has 0 fully saturated rings. The second-order valence-electron chi connectivity index (χ2n) is 6.54. The number of alkyl carbamates (subject to hydrolysis) is 1. The average Bonchev–Trinajstić information content (AvgIpc) is 2.72. The Morgan fingerprint density at radius 3 is 3.00 bits per heavy atom. The molecule has 1 N–H and O–H groups in total. The van der Waals surface area contributed by atoms with Crippen molar-refractivity contribution in [2.75, 3.05) is 19.8 Å². The minimum atomic E-state index is -0.555. The summed E-state index contributed by atoms with van der Waals surface area (Å²) in [6, 6.07) is 0. The summed E-state index contributed by atoms with van der Waals surface area (Å²) in [4.78, 5) is 11.8. The van der Waals surface area contributed by atoms with E-state index in [1.165, 1.54) is 0 Å². The van der Waals surface area contributed by atoms with Gasteiger partial charge in [0, 0.05) is 0 Å². The molecule has 8 heteroatoms. The Kier molecular flexibility index (Phi) is 4.44. The number of amides is 1. The topological polar surface area (TPSA) is 66.0 Å². The molecule has 3 aliphatic rings. The van der Waals surface area contributed by atoms with Crippen molar-refractivity contribution in [3.63, 3.8) is 0 Å². The lowest BCUT2D eigenvalue weighted by Crippen LogP contribution is -2.43. The maximum absolute atomic E-state index is 11.8. The Hall–Kier alpha value is -1.44. The maximum Gasteiger partial charge on any atom is 0.495 e. The summed E-state index contributed by atoms with van der Waals surface area (Å²) in [5.41, 5.74) is 2.27. The van der Waals surface area contributed by atoms with E-state index in [4.69, 9.17) is 30.4 Å². The van der Waals surface area contributed by atoms with Crippen LogP contribution in [0, 0.1) is 0 Å². The normalized spacial score (nSPS) is 23.5. The van der Waals surface area contributed by atoms with Gasteiger partial charge in [0.15, 0.2) is 0 Å². The van der Waals surface area contributed by atoms with Gasteiger partial charge >= 0.3 is 13.2 Å². The Balaban J connectivity index is 1.73. The van der Waals surface area contributed by atoms with Gasteiger partial charge in [-0.3, -0.25) is 0 Å². The van der Waals surface area contributed by atoms with Gasteiger partial charge < -0.3 is 24.1 Å². The van der Waals surface area contributed by atoms with Crippen molar-refractivity contribution >= 4 is 24.8 Å². The van der Waals surface area contributed by atoms with Crippen LogP contribution in [0.25, 0.3) is 0 Å². The third-order valence-electron chi connectivity index (χ3n) is 3.56. The van der Waals surface area contributed by atoms with E-state index in [1.807, 2.05) is 6.08 Å². The minimum absolute atomic E-state index is 0.203. The van der Waals surface area contributed by atoms with Crippen LogP contribution in [0.3, 0.4) is 0 Å². The predicted octanol–water partition coefficient (Wildman–Crippen LogP) is 2.30. The first-order valence-corrected chi connectivity index (χ1v) is 7.87. The number of ether oxygens (including phenoxy) is 2. The molecule has 0 spiro atoms. The predicted molar refractivity (Wildman–Crippen MR) is 85.8 cm³/mol. The molecule has 0 aromatic rings. The lowest BCUT2D eigenvalue weighted by atomic mass is 9.70. The summed E-state index contributed by atoms with van der Waals surface area (Å²) < 4.78 is 22.1. The lowest BCUT2D eigenvalue weighted by molar-refractivity contribution is 0.0503. The molecule has 0 saturated heterocycles. The summed E-state index contributed by atoms with van der Waals surface area (Å²) in [5.74, 6) is 0. The smallest absolute Gasteiger partial charge is 0.495 e. The number of halogens is 1. The largest absolute Gasteiger partial charge is 0.497 e. The summed E-state index contributed by atoms with van der Waals surface area (Å²) >= 11 is 6.47. The average molecular weight is 340 g/mol. The molecule has 0 saturated carbocycles. The molecule has 23 heavy (non-hydrogen) atoms. The molecule has 1 amide bonds. The third-order valence-corrected chi connectivity index (χ3v) is 4.01. The second kappa shape index (κ2) is 6.22. The lowest BCUT2D eigenvalue weighted by Gasteiger charge is -2.28. The van der Waals surface area contributed by atoms with Gasteiger partial charge in [-0.1, -0.05) is 11.6 Å². The Bertz CT molecular complexity index is 607. The number of carbonyl (C=O) groups is 1. The van der Waals surface area contributed by atoms with Gasteiger partial charge in [-0.2, -0.15) is 0 Å². The van der Waals surface area contributed by atoms with Crippen molar-refractivity contribution in [1.29, 1.82) is 0 Å². The van der Waals surface area contributed by atoms with Crippen LogP contribution in [0.1, 0.15) is 20.8 Å². The van der Waals surface area contributed by atoms with Crippen LogP contribution in [-0.4, -0.2) is 44.7 Å². The minimum Gasteiger partial charge on any atom is -0.497 e. The van der Waals surface area contributed by atoms with Crippen molar-refractivity contribution in [2.24, 2.45) is 0 Å². The van der Waals surface area contributed by atoms with Gasteiger partial charge in [-0.15, -0.1) is 0 Å². The fourth-order valence-electron chi connectivity index (χ4n) is 2.62. The highest BCUT2D eigenvalue weighted by Gasteiger charge is 2.43. The number of allylic oxidation sites excluding steroid dienone is 3. The first-order valence-electron chi connectivity index (χ1n) is 7.49. The van der Waals surface area contributed by atoms with E-state index < -0.39 is 24.9 Å². The van der Waals surface area contributed by atoms with Crippen molar-refractivity contribution < 1.29 is 23.6 Å². The number of nitrogens with one attached hydrogen (secondary N) is 1. The molecular formula is C15H19BClNO5. The molecule has 0 radical (unpaired) electrons.